The third-order valence-electron chi connectivity index (χ3n) is 2.46. The Balaban J connectivity index is 2.48. The smallest absolute Gasteiger partial charge is 0.200 e. The highest BCUT2D eigenvalue weighted by Gasteiger charge is 2.26. The Morgan fingerprint density at radius 1 is 1.38 bits per heavy atom. The molecule has 2 rings (SSSR count). The van der Waals surface area contributed by atoms with Gasteiger partial charge in [0, 0.05) is 16.4 Å². The average molecular weight is 302 g/mol. The van der Waals surface area contributed by atoms with Gasteiger partial charge < -0.3 is 5.32 Å². The third-order valence-corrected chi connectivity index (χ3v) is 4.50. The Hall–Kier alpha value is -0.650. The molecule has 1 aliphatic rings. The molecule has 5 heteroatoms. The van der Waals surface area contributed by atoms with Gasteiger partial charge in [-0.15, -0.1) is 0 Å². The molecule has 1 aromatic carbocycles. The lowest BCUT2D eigenvalue weighted by Crippen LogP contribution is -2.14. The monoisotopic (exact) mass is 301 g/mol. The van der Waals surface area contributed by atoms with Crippen LogP contribution in [-0.2, 0) is 9.84 Å². The number of fused-ring (bicyclic) bond motifs is 1. The van der Waals surface area contributed by atoms with Gasteiger partial charge in [-0.3, -0.25) is 0 Å². The first-order chi connectivity index (χ1) is 7.54. The molecule has 0 aromatic heterocycles. The van der Waals surface area contributed by atoms with Gasteiger partial charge in [-0.1, -0.05) is 28.9 Å². The van der Waals surface area contributed by atoms with Crippen molar-refractivity contribution in [2.45, 2.75) is 11.8 Å². The molecule has 0 spiro atoms. The van der Waals surface area contributed by atoms with E-state index in [4.69, 9.17) is 0 Å². The van der Waals surface area contributed by atoms with E-state index in [-0.39, 0.29) is 0 Å². The Morgan fingerprint density at radius 3 is 2.81 bits per heavy atom. The second kappa shape index (κ2) is 4.31. The number of sulfone groups is 1. The van der Waals surface area contributed by atoms with Crippen molar-refractivity contribution in [3.05, 3.63) is 33.6 Å². The van der Waals surface area contributed by atoms with E-state index < -0.39 is 9.84 Å². The molecule has 0 saturated carbocycles. The highest BCUT2D eigenvalue weighted by molar-refractivity contribution is 9.10. The normalized spacial score (nSPS) is 17.0. The molecule has 86 valence electrons. The van der Waals surface area contributed by atoms with Crippen LogP contribution in [0.3, 0.4) is 0 Å². The SMILES string of the molecule is CCNCC1=CS(=O)(=O)c2cc(Br)ccc21. The lowest BCUT2D eigenvalue weighted by molar-refractivity contribution is 0.605. The number of benzene rings is 1. The van der Waals surface area contributed by atoms with Crippen LogP contribution in [0.25, 0.3) is 5.57 Å². The van der Waals surface area contributed by atoms with E-state index in [0.29, 0.717) is 11.4 Å². The summed E-state index contributed by atoms with van der Waals surface area (Å²) in [5.74, 6) is 0. The quantitative estimate of drug-likeness (QED) is 0.931. The molecule has 0 amide bonds. The minimum atomic E-state index is -3.24. The molecule has 1 aromatic rings. The molecule has 0 radical (unpaired) electrons. The number of hydrogen-bond donors (Lipinski definition) is 1. The van der Waals surface area contributed by atoms with Gasteiger partial charge in [0.25, 0.3) is 0 Å². The van der Waals surface area contributed by atoms with Gasteiger partial charge in [0.15, 0.2) is 0 Å². The van der Waals surface area contributed by atoms with Crippen molar-refractivity contribution < 1.29 is 8.42 Å². The van der Waals surface area contributed by atoms with Crippen LogP contribution < -0.4 is 5.32 Å². The van der Waals surface area contributed by atoms with E-state index in [1.165, 1.54) is 5.41 Å². The first-order valence-corrected chi connectivity index (χ1v) is 7.35. The maximum atomic E-state index is 11.9. The van der Waals surface area contributed by atoms with Crippen LogP contribution in [0, 0.1) is 0 Å². The lowest BCUT2D eigenvalue weighted by Gasteiger charge is -2.04. The van der Waals surface area contributed by atoms with Gasteiger partial charge in [-0.05, 0) is 29.8 Å². The maximum Gasteiger partial charge on any atom is 0.200 e. The first kappa shape index (κ1) is 11.8. The fourth-order valence-corrected chi connectivity index (χ4v) is 3.73. The lowest BCUT2D eigenvalue weighted by atomic mass is 10.1. The van der Waals surface area contributed by atoms with Crippen LogP contribution in [0.4, 0.5) is 0 Å². The fraction of sp³-hybridized carbons (Fsp3) is 0.273. The molecule has 0 unspecified atom stereocenters. The Kier molecular flexibility index (Phi) is 3.19. The van der Waals surface area contributed by atoms with Gasteiger partial charge in [0.05, 0.1) is 4.90 Å². The fourth-order valence-electron chi connectivity index (χ4n) is 1.71. The largest absolute Gasteiger partial charge is 0.313 e. The van der Waals surface area contributed by atoms with E-state index in [2.05, 4.69) is 21.2 Å². The second-order valence-electron chi connectivity index (χ2n) is 3.61. The minimum absolute atomic E-state index is 0.398. The molecule has 0 atom stereocenters. The summed E-state index contributed by atoms with van der Waals surface area (Å²) in [7, 11) is -3.24. The summed E-state index contributed by atoms with van der Waals surface area (Å²) in [6, 6.07) is 5.35. The van der Waals surface area contributed by atoms with Crippen LogP contribution in [0.2, 0.25) is 0 Å². The summed E-state index contributed by atoms with van der Waals surface area (Å²) in [6.45, 7) is 3.40. The van der Waals surface area contributed by atoms with Crippen LogP contribution in [0.5, 0.6) is 0 Å². The van der Waals surface area contributed by atoms with Crippen molar-refractivity contribution in [3.63, 3.8) is 0 Å². The minimum Gasteiger partial charge on any atom is -0.313 e. The Morgan fingerprint density at radius 2 is 2.12 bits per heavy atom. The van der Waals surface area contributed by atoms with Crippen molar-refractivity contribution in [2.75, 3.05) is 13.1 Å². The van der Waals surface area contributed by atoms with E-state index in [1.807, 2.05) is 19.1 Å². The topological polar surface area (TPSA) is 46.2 Å². The van der Waals surface area contributed by atoms with Crippen LogP contribution in [0.15, 0.2) is 33.0 Å². The average Bonchev–Trinajstić information content (AvgIpc) is 2.48. The van der Waals surface area contributed by atoms with Crippen molar-refractivity contribution in [1.29, 1.82) is 0 Å². The van der Waals surface area contributed by atoms with Crippen LogP contribution in [0.1, 0.15) is 12.5 Å². The molecule has 0 bridgehead atoms. The zero-order valence-corrected chi connectivity index (χ0v) is 11.2. The Labute approximate surface area is 104 Å². The number of halogens is 1. The van der Waals surface area contributed by atoms with Crippen molar-refractivity contribution in [1.82, 2.24) is 5.32 Å². The van der Waals surface area contributed by atoms with Crippen molar-refractivity contribution >= 4 is 31.3 Å². The molecule has 1 N–H and O–H groups in total. The molecule has 1 heterocycles. The van der Waals surface area contributed by atoms with Crippen molar-refractivity contribution in [2.24, 2.45) is 0 Å². The summed E-state index contributed by atoms with van der Waals surface area (Å²) in [5, 5.41) is 4.49. The number of rotatable bonds is 3. The van der Waals surface area contributed by atoms with E-state index in [1.54, 1.807) is 6.07 Å². The number of hydrogen-bond acceptors (Lipinski definition) is 3. The number of nitrogens with one attached hydrogen (secondary N) is 1. The molecular weight excluding hydrogens is 290 g/mol. The predicted octanol–water partition coefficient (Wildman–Crippen LogP) is 2.19. The van der Waals surface area contributed by atoms with E-state index in [0.717, 1.165) is 22.2 Å². The zero-order chi connectivity index (χ0) is 11.8. The highest BCUT2D eigenvalue weighted by Crippen LogP contribution is 2.34. The van der Waals surface area contributed by atoms with Gasteiger partial charge in [-0.25, -0.2) is 8.42 Å². The molecule has 0 aliphatic carbocycles. The molecule has 3 nitrogen and oxygen atoms in total. The predicted molar refractivity (Wildman–Crippen MR) is 67.8 cm³/mol. The summed E-state index contributed by atoms with van der Waals surface area (Å²) < 4.78 is 24.5. The molecular formula is C11H12BrNO2S. The van der Waals surface area contributed by atoms with Gasteiger partial charge in [0.1, 0.15) is 0 Å². The summed E-state index contributed by atoms with van der Waals surface area (Å²) in [5.41, 5.74) is 1.65. The maximum absolute atomic E-state index is 11.9. The summed E-state index contributed by atoms with van der Waals surface area (Å²) in [6.07, 6.45) is 0. The summed E-state index contributed by atoms with van der Waals surface area (Å²) in [4.78, 5) is 0.398. The van der Waals surface area contributed by atoms with Crippen LogP contribution in [-0.4, -0.2) is 21.5 Å². The Bertz CT molecular complexity index is 549. The van der Waals surface area contributed by atoms with Crippen LogP contribution >= 0.6 is 15.9 Å². The molecule has 16 heavy (non-hydrogen) atoms. The molecule has 1 aliphatic heterocycles. The van der Waals surface area contributed by atoms with Crippen molar-refractivity contribution in [3.8, 4) is 0 Å². The highest BCUT2D eigenvalue weighted by atomic mass is 79.9. The summed E-state index contributed by atoms with van der Waals surface area (Å²) >= 11 is 3.29. The first-order valence-electron chi connectivity index (χ1n) is 5.01. The van der Waals surface area contributed by atoms with Gasteiger partial charge >= 0.3 is 0 Å². The number of likely N-dealkylation sites (N-methyl/N-ethyl adjacent to an activating group) is 1. The van der Waals surface area contributed by atoms with Gasteiger partial charge in [-0.2, -0.15) is 0 Å². The second-order valence-corrected chi connectivity index (χ2v) is 6.29. The third kappa shape index (κ3) is 2.07. The molecule has 0 saturated heterocycles. The standard InChI is InChI=1S/C11H12BrNO2S/c1-2-13-6-8-7-16(14,15)11-5-9(12)3-4-10(8)11/h3-5,7,13H,2,6H2,1H3. The van der Waals surface area contributed by atoms with E-state index >= 15 is 0 Å². The van der Waals surface area contributed by atoms with E-state index in [9.17, 15) is 8.42 Å². The van der Waals surface area contributed by atoms with Gasteiger partial charge in [0.2, 0.25) is 9.84 Å². The zero-order valence-electron chi connectivity index (χ0n) is 8.83. The molecule has 0 fully saturated rings.